The first kappa shape index (κ1) is 16.6. The SMILES string of the molecule is CCN(CC)C(=O)CN(C)C(=O)c1cccc(F)c1Br. The molecule has 0 aromatic heterocycles. The highest BCUT2D eigenvalue weighted by Crippen LogP contribution is 2.21. The third kappa shape index (κ3) is 3.79. The summed E-state index contributed by atoms with van der Waals surface area (Å²) in [4.78, 5) is 27.1. The zero-order chi connectivity index (χ0) is 15.3. The molecule has 0 aliphatic rings. The third-order valence-electron chi connectivity index (χ3n) is 3.02. The molecule has 1 aromatic carbocycles. The molecule has 0 unspecified atom stereocenters. The van der Waals surface area contributed by atoms with Gasteiger partial charge in [-0.2, -0.15) is 0 Å². The minimum absolute atomic E-state index is 0.0243. The fourth-order valence-corrected chi connectivity index (χ4v) is 2.26. The van der Waals surface area contributed by atoms with E-state index in [0.29, 0.717) is 13.1 Å². The summed E-state index contributed by atoms with van der Waals surface area (Å²) < 4.78 is 13.5. The smallest absolute Gasteiger partial charge is 0.255 e. The lowest BCUT2D eigenvalue weighted by atomic mass is 10.2. The minimum Gasteiger partial charge on any atom is -0.342 e. The molecule has 0 radical (unpaired) electrons. The topological polar surface area (TPSA) is 40.6 Å². The van der Waals surface area contributed by atoms with Crippen LogP contribution in [0.3, 0.4) is 0 Å². The van der Waals surface area contributed by atoms with Crippen molar-refractivity contribution in [1.82, 2.24) is 9.80 Å². The molecule has 1 aromatic rings. The average molecular weight is 345 g/mol. The van der Waals surface area contributed by atoms with Gasteiger partial charge in [0.05, 0.1) is 16.6 Å². The van der Waals surface area contributed by atoms with Crippen molar-refractivity contribution in [2.24, 2.45) is 0 Å². The lowest BCUT2D eigenvalue weighted by Gasteiger charge is -2.23. The third-order valence-corrected chi connectivity index (χ3v) is 3.82. The van der Waals surface area contributed by atoms with Crippen LogP contribution in [0.1, 0.15) is 24.2 Å². The largest absolute Gasteiger partial charge is 0.342 e. The molecule has 0 fully saturated rings. The van der Waals surface area contributed by atoms with Crippen LogP contribution in [0.15, 0.2) is 22.7 Å². The molecule has 0 aliphatic heterocycles. The van der Waals surface area contributed by atoms with Crippen LogP contribution in [-0.4, -0.2) is 48.3 Å². The number of rotatable bonds is 5. The van der Waals surface area contributed by atoms with Crippen molar-refractivity contribution in [3.63, 3.8) is 0 Å². The van der Waals surface area contributed by atoms with Crippen molar-refractivity contribution in [2.75, 3.05) is 26.7 Å². The molecule has 0 spiro atoms. The Hall–Kier alpha value is -1.43. The molecule has 0 saturated carbocycles. The van der Waals surface area contributed by atoms with Crippen LogP contribution >= 0.6 is 15.9 Å². The first-order valence-electron chi connectivity index (χ1n) is 6.39. The number of carbonyl (C=O) groups excluding carboxylic acids is 2. The van der Waals surface area contributed by atoms with E-state index in [-0.39, 0.29) is 22.5 Å². The van der Waals surface area contributed by atoms with Crippen LogP contribution in [0.25, 0.3) is 0 Å². The molecule has 0 heterocycles. The predicted octanol–water partition coefficient (Wildman–Crippen LogP) is 2.53. The molecule has 0 saturated heterocycles. The van der Waals surface area contributed by atoms with Crippen molar-refractivity contribution >= 4 is 27.7 Å². The van der Waals surface area contributed by atoms with Gasteiger partial charge in [0.1, 0.15) is 5.82 Å². The van der Waals surface area contributed by atoms with Gasteiger partial charge < -0.3 is 9.80 Å². The van der Waals surface area contributed by atoms with E-state index in [0.717, 1.165) is 0 Å². The molecular formula is C14H18BrFN2O2. The Kier molecular flexibility index (Phi) is 6.13. The Bertz CT molecular complexity index is 504. The summed E-state index contributed by atoms with van der Waals surface area (Å²) in [5, 5.41) is 0. The molecular weight excluding hydrogens is 327 g/mol. The van der Waals surface area contributed by atoms with E-state index in [2.05, 4.69) is 15.9 Å². The maximum atomic E-state index is 13.4. The molecule has 0 N–H and O–H groups in total. The van der Waals surface area contributed by atoms with Gasteiger partial charge in [-0.05, 0) is 41.9 Å². The molecule has 0 aliphatic carbocycles. The summed E-state index contributed by atoms with van der Waals surface area (Å²) in [6.07, 6.45) is 0. The van der Waals surface area contributed by atoms with Crippen molar-refractivity contribution in [1.29, 1.82) is 0 Å². The number of benzene rings is 1. The maximum absolute atomic E-state index is 13.4. The van der Waals surface area contributed by atoms with Gasteiger partial charge in [0.25, 0.3) is 5.91 Å². The minimum atomic E-state index is -0.501. The zero-order valence-corrected chi connectivity index (χ0v) is 13.4. The molecule has 110 valence electrons. The van der Waals surface area contributed by atoms with E-state index in [1.807, 2.05) is 13.8 Å². The van der Waals surface area contributed by atoms with Crippen molar-refractivity contribution in [3.8, 4) is 0 Å². The number of hydrogen-bond acceptors (Lipinski definition) is 2. The number of amides is 2. The van der Waals surface area contributed by atoms with Gasteiger partial charge in [-0.15, -0.1) is 0 Å². The lowest BCUT2D eigenvalue weighted by molar-refractivity contribution is -0.131. The van der Waals surface area contributed by atoms with Crippen LogP contribution in [0, 0.1) is 5.82 Å². The average Bonchev–Trinajstić information content (AvgIpc) is 2.42. The highest BCUT2D eigenvalue weighted by molar-refractivity contribution is 9.10. The van der Waals surface area contributed by atoms with E-state index in [1.54, 1.807) is 4.90 Å². The van der Waals surface area contributed by atoms with Crippen LogP contribution in [-0.2, 0) is 4.79 Å². The first-order valence-corrected chi connectivity index (χ1v) is 7.18. The molecule has 0 atom stereocenters. The summed E-state index contributed by atoms with van der Waals surface area (Å²) >= 11 is 3.05. The van der Waals surface area contributed by atoms with Crippen molar-refractivity contribution < 1.29 is 14.0 Å². The Morgan fingerprint density at radius 1 is 1.25 bits per heavy atom. The molecule has 20 heavy (non-hydrogen) atoms. The number of halogens is 2. The highest BCUT2D eigenvalue weighted by Gasteiger charge is 2.20. The summed E-state index contributed by atoms with van der Waals surface area (Å²) in [6.45, 7) is 4.93. The fourth-order valence-electron chi connectivity index (χ4n) is 1.83. The van der Waals surface area contributed by atoms with Crippen LogP contribution in [0.4, 0.5) is 4.39 Å². The molecule has 0 bridgehead atoms. The predicted molar refractivity (Wildman–Crippen MR) is 79.0 cm³/mol. The van der Waals surface area contributed by atoms with E-state index >= 15 is 0 Å². The number of hydrogen-bond donors (Lipinski definition) is 0. The van der Waals surface area contributed by atoms with Crippen LogP contribution in [0.5, 0.6) is 0 Å². The standard InChI is InChI=1S/C14H18BrFN2O2/c1-4-18(5-2)12(19)9-17(3)14(20)10-7-6-8-11(16)13(10)15/h6-8H,4-5,9H2,1-3H3. The summed E-state index contributed by atoms with van der Waals surface area (Å²) in [6, 6.07) is 4.25. The quantitative estimate of drug-likeness (QED) is 0.823. The van der Waals surface area contributed by atoms with E-state index < -0.39 is 11.7 Å². The Morgan fingerprint density at radius 3 is 2.40 bits per heavy atom. The van der Waals surface area contributed by atoms with Gasteiger partial charge in [-0.1, -0.05) is 6.07 Å². The Balaban J connectivity index is 2.82. The van der Waals surface area contributed by atoms with Gasteiger partial charge in [0.15, 0.2) is 0 Å². The molecule has 1 rings (SSSR count). The molecule has 2 amide bonds. The fraction of sp³-hybridized carbons (Fsp3) is 0.429. The second-order valence-electron chi connectivity index (χ2n) is 4.33. The summed E-state index contributed by atoms with van der Waals surface area (Å²) in [5.74, 6) is -1.02. The monoisotopic (exact) mass is 344 g/mol. The van der Waals surface area contributed by atoms with Crippen LogP contribution in [0.2, 0.25) is 0 Å². The van der Waals surface area contributed by atoms with Gasteiger partial charge in [-0.3, -0.25) is 9.59 Å². The summed E-state index contributed by atoms with van der Waals surface area (Å²) in [7, 11) is 1.53. The summed E-state index contributed by atoms with van der Waals surface area (Å²) in [5.41, 5.74) is 0.208. The van der Waals surface area contributed by atoms with E-state index in [9.17, 15) is 14.0 Å². The Labute approximate surface area is 126 Å². The second-order valence-corrected chi connectivity index (χ2v) is 5.12. The van der Waals surface area contributed by atoms with Crippen molar-refractivity contribution in [3.05, 3.63) is 34.1 Å². The molecule has 6 heteroatoms. The normalized spacial score (nSPS) is 10.2. The van der Waals surface area contributed by atoms with Gasteiger partial charge in [-0.25, -0.2) is 4.39 Å². The molecule has 4 nitrogen and oxygen atoms in total. The lowest BCUT2D eigenvalue weighted by Crippen LogP contribution is -2.41. The van der Waals surface area contributed by atoms with E-state index in [4.69, 9.17) is 0 Å². The van der Waals surface area contributed by atoms with Gasteiger partial charge >= 0.3 is 0 Å². The van der Waals surface area contributed by atoms with Gasteiger partial charge in [0, 0.05) is 20.1 Å². The maximum Gasteiger partial charge on any atom is 0.255 e. The second kappa shape index (κ2) is 7.38. The number of carbonyl (C=O) groups is 2. The first-order chi connectivity index (χ1) is 9.42. The number of nitrogens with zero attached hydrogens (tertiary/aromatic N) is 2. The van der Waals surface area contributed by atoms with Crippen molar-refractivity contribution in [2.45, 2.75) is 13.8 Å². The highest BCUT2D eigenvalue weighted by atomic mass is 79.9. The van der Waals surface area contributed by atoms with Crippen LogP contribution < -0.4 is 0 Å². The zero-order valence-electron chi connectivity index (χ0n) is 11.8. The number of likely N-dealkylation sites (N-methyl/N-ethyl adjacent to an activating group) is 2. The van der Waals surface area contributed by atoms with Gasteiger partial charge in [0.2, 0.25) is 5.91 Å². The van der Waals surface area contributed by atoms with E-state index in [1.165, 1.54) is 30.1 Å². The Morgan fingerprint density at radius 2 is 1.85 bits per heavy atom.